The highest BCUT2D eigenvalue weighted by Crippen LogP contribution is 2.10. The first-order valence-corrected chi connectivity index (χ1v) is 8.43. The van der Waals surface area contributed by atoms with E-state index >= 15 is 0 Å². The van der Waals surface area contributed by atoms with E-state index in [4.69, 9.17) is 4.84 Å². The van der Waals surface area contributed by atoms with Crippen LogP contribution in [0.3, 0.4) is 0 Å². The molecule has 0 fully saturated rings. The summed E-state index contributed by atoms with van der Waals surface area (Å²) in [5, 5.41) is 2.47. The summed E-state index contributed by atoms with van der Waals surface area (Å²) in [5.74, 6) is 0. The highest BCUT2D eigenvalue weighted by molar-refractivity contribution is 5.80. The molecular formula is C19H28NO+. The summed E-state index contributed by atoms with van der Waals surface area (Å²) in [4.78, 5) is 5.78. The predicted octanol–water partition coefficient (Wildman–Crippen LogP) is 4.70. The van der Waals surface area contributed by atoms with E-state index in [1.54, 1.807) is 0 Å². The maximum absolute atomic E-state index is 5.78. The van der Waals surface area contributed by atoms with Crippen molar-refractivity contribution in [3.63, 3.8) is 0 Å². The van der Waals surface area contributed by atoms with Crippen molar-refractivity contribution in [1.82, 2.24) is 0 Å². The Labute approximate surface area is 128 Å². The highest BCUT2D eigenvalue weighted by atomic mass is 16.7. The maximum Gasteiger partial charge on any atom is 0.230 e. The Morgan fingerprint density at radius 3 is 2.24 bits per heavy atom. The summed E-state index contributed by atoms with van der Waals surface area (Å²) in [7, 11) is 0. The van der Waals surface area contributed by atoms with Crippen LogP contribution in [0.1, 0.15) is 58.3 Å². The molecule has 114 valence electrons. The van der Waals surface area contributed by atoms with Gasteiger partial charge in [0, 0.05) is 10.8 Å². The van der Waals surface area contributed by atoms with Gasteiger partial charge in [-0.15, -0.1) is 0 Å². The molecule has 21 heavy (non-hydrogen) atoms. The van der Waals surface area contributed by atoms with Gasteiger partial charge in [-0.25, -0.2) is 0 Å². The molecule has 0 amide bonds. The number of unbranched alkanes of at least 4 members (excludes halogenated alkanes) is 7. The second kappa shape index (κ2) is 9.38. The van der Waals surface area contributed by atoms with Gasteiger partial charge in [0.1, 0.15) is 0 Å². The van der Waals surface area contributed by atoms with Crippen molar-refractivity contribution in [3.05, 3.63) is 42.7 Å². The van der Waals surface area contributed by atoms with E-state index in [1.807, 2.05) is 10.9 Å². The van der Waals surface area contributed by atoms with Gasteiger partial charge in [0.15, 0.2) is 6.61 Å². The van der Waals surface area contributed by atoms with Crippen LogP contribution in [0.15, 0.2) is 42.7 Å². The number of fused-ring (bicyclic) bond motifs is 1. The molecule has 0 radical (unpaired) electrons. The number of rotatable bonds is 10. The first-order valence-electron chi connectivity index (χ1n) is 8.43. The SMILES string of the molecule is CCCCCCCCCCO[n+]1ccc2ccccc2c1. The quantitative estimate of drug-likeness (QED) is 0.456. The second-order valence-electron chi connectivity index (χ2n) is 5.74. The van der Waals surface area contributed by atoms with Crippen LogP contribution in [0.4, 0.5) is 0 Å². The molecule has 0 atom stereocenters. The van der Waals surface area contributed by atoms with Crippen molar-refractivity contribution in [2.45, 2.75) is 58.3 Å². The molecule has 0 N–H and O–H groups in total. The largest absolute Gasteiger partial charge is 0.271 e. The molecule has 2 aromatic rings. The Morgan fingerprint density at radius 1 is 0.810 bits per heavy atom. The van der Waals surface area contributed by atoms with Crippen molar-refractivity contribution >= 4 is 10.8 Å². The molecule has 0 saturated heterocycles. The number of hydrogen-bond acceptors (Lipinski definition) is 1. The van der Waals surface area contributed by atoms with E-state index in [0.29, 0.717) is 0 Å². The molecule has 2 rings (SSSR count). The third-order valence-corrected chi connectivity index (χ3v) is 3.90. The molecule has 2 heteroatoms. The van der Waals surface area contributed by atoms with Crippen LogP contribution in [0.5, 0.6) is 0 Å². The van der Waals surface area contributed by atoms with Gasteiger partial charge in [-0.2, -0.15) is 0 Å². The number of hydrogen-bond donors (Lipinski definition) is 0. The zero-order valence-electron chi connectivity index (χ0n) is 13.3. The maximum atomic E-state index is 5.78. The van der Waals surface area contributed by atoms with Crippen molar-refractivity contribution < 1.29 is 9.57 Å². The van der Waals surface area contributed by atoms with Crippen LogP contribution >= 0.6 is 0 Å². The minimum absolute atomic E-state index is 0.804. The molecule has 1 heterocycles. The van der Waals surface area contributed by atoms with Gasteiger partial charge < -0.3 is 0 Å². The van der Waals surface area contributed by atoms with Crippen LogP contribution in [0.2, 0.25) is 0 Å². The average Bonchev–Trinajstić information content (AvgIpc) is 2.53. The number of pyridine rings is 1. The molecule has 0 saturated carbocycles. The predicted molar refractivity (Wildman–Crippen MR) is 88.2 cm³/mol. The lowest BCUT2D eigenvalue weighted by Gasteiger charge is -2.01. The van der Waals surface area contributed by atoms with Gasteiger partial charge in [0.25, 0.3) is 0 Å². The molecule has 2 nitrogen and oxygen atoms in total. The minimum Gasteiger partial charge on any atom is -0.271 e. The summed E-state index contributed by atoms with van der Waals surface area (Å²) < 4.78 is 1.84. The Hall–Kier alpha value is -1.57. The third-order valence-electron chi connectivity index (χ3n) is 3.90. The fourth-order valence-electron chi connectivity index (χ4n) is 2.60. The first-order chi connectivity index (χ1) is 10.4. The zero-order valence-corrected chi connectivity index (χ0v) is 13.3. The summed E-state index contributed by atoms with van der Waals surface area (Å²) in [6.07, 6.45) is 14.7. The van der Waals surface area contributed by atoms with Crippen molar-refractivity contribution in [1.29, 1.82) is 0 Å². The Balaban J connectivity index is 1.59. The van der Waals surface area contributed by atoms with E-state index in [9.17, 15) is 0 Å². The van der Waals surface area contributed by atoms with Crippen LogP contribution in [0, 0.1) is 0 Å². The van der Waals surface area contributed by atoms with Crippen LogP contribution < -0.4 is 9.57 Å². The fourth-order valence-corrected chi connectivity index (χ4v) is 2.60. The van der Waals surface area contributed by atoms with E-state index in [0.717, 1.165) is 13.0 Å². The number of aromatic nitrogens is 1. The molecule has 0 unspecified atom stereocenters. The normalized spacial score (nSPS) is 10.9. The first kappa shape index (κ1) is 15.8. The topological polar surface area (TPSA) is 13.1 Å². The van der Waals surface area contributed by atoms with E-state index in [-0.39, 0.29) is 0 Å². The van der Waals surface area contributed by atoms with Gasteiger partial charge >= 0.3 is 0 Å². The van der Waals surface area contributed by atoms with Gasteiger partial charge in [0.2, 0.25) is 12.4 Å². The van der Waals surface area contributed by atoms with Gasteiger partial charge in [-0.05, 0) is 24.3 Å². The minimum atomic E-state index is 0.804. The lowest BCUT2D eigenvalue weighted by atomic mass is 10.1. The molecule has 1 aromatic heterocycles. The van der Waals surface area contributed by atoms with Crippen molar-refractivity contribution in [2.24, 2.45) is 0 Å². The molecule has 0 aliphatic carbocycles. The van der Waals surface area contributed by atoms with Crippen molar-refractivity contribution in [2.75, 3.05) is 6.61 Å². The lowest BCUT2D eigenvalue weighted by molar-refractivity contribution is -0.890. The van der Waals surface area contributed by atoms with E-state index < -0.39 is 0 Å². The second-order valence-corrected chi connectivity index (χ2v) is 5.74. The number of benzene rings is 1. The summed E-state index contributed by atoms with van der Waals surface area (Å²) in [6.45, 7) is 3.07. The van der Waals surface area contributed by atoms with Crippen LogP contribution in [0.25, 0.3) is 10.8 Å². The lowest BCUT2D eigenvalue weighted by Crippen LogP contribution is -2.42. The molecule has 0 bridgehead atoms. The molecular weight excluding hydrogens is 258 g/mol. The number of nitrogens with zero attached hydrogens (tertiary/aromatic N) is 1. The van der Waals surface area contributed by atoms with Gasteiger partial charge in [0.05, 0.1) is 5.39 Å². The van der Waals surface area contributed by atoms with Crippen LogP contribution in [-0.4, -0.2) is 6.61 Å². The molecule has 0 aliphatic rings. The Kier molecular flexibility index (Phi) is 7.06. The third kappa shape index (κ3) is 5.74. The Bertz CT molecular complexity index is 524. The van der Waals surface area contributed by atoms with Gasteiger partial charge in [-0.3, -0.25) is 4.84 Å². The van der Waals surface area contributed by atoms with E-state index in [1.165, 1.54) is 55.7 Å². The zero-order chi connectivity index (χ0) is 14.8. The monoisotopic (exact) mass is 286 g/mol. The molecule has 0 aliphatic heterocycles. The smallest absolute Gasteiger partial charge is 0.230 e. The molecule has 0 spiro atoms. The summed E-state index contributed by atoms with van der Waals surface area (Å²) in [6, 6.07) is 10.5. The average molecular weight is 286 g/mol. The standard InChI is InChI=1S/C19H28NO/c1-2-3-4-5-6-7-8-11-16-21-20-15-14-18-12-9-10-13-19(18)17-20/h9-10,12-15,17H,2-8,11,16H2,1H3/q+1. The summed E-state index contributed by atoms with van der Waals surface area (Å²) in [5.41, 5.74) is 0. The molecule has 1 aromatic carbocycles. The highest BCUT2D eigenvalue weighted by Gasteiger charge is 2.03. The fraction of sp³-hybridized carbons (Fsp3) is 0.526. The van der Waals surface area contributed by atoms with Gasteiger partial charge in [-0.1, -0.05) is 63.6 Å². The van der Waals surface area contributed by atoms with E-state index in [2.05, 4.69) is 43.5 Å². The van der Waals surface area contributed by atoms with Crippen molar-refractivity contribution in [3.8, 4) is 0 Å². The van der Waals surface area contributed by atoms with Crippen LogP contribution in [-0.2, 0) is 0 Å². The summed E-state index contributed by atoms with van der Waals surface area (Å²) >= 11 is 0. The Morgan fingerprint density at radius 2 is 1.48 bits per heavy atom.